The second-order valence-electron chi connectivity index (χ2n) is 2.99. The van der Waals surface area contributed by atoms with Gasteiger partial charge in [-0.25, -0.2) is 0 Å². The molecule has 0 heterocycles. The largest absolute Gasteiger partial charge is 0.507 e. The first kappa shape index (κ1) is 11.6. The molecule has 0 aliphatic heterocycles. The predicted octanol–water partition coefficient (Wildman–Crippen LogP) is 0.401. The summed E-state index contributed by atoms with van der Waals surface area (Å²) in [6.45, 7) is -0.00289. The molecule has 1 unspecified atom stereocenters. The van der Waals surface area contributed by atoms with Crippen LogP contribution in [0.25, 0.3) is 0 Å². The third-order valence-corrected chi connectivity index (χ3v) is 2.12. The minimum atomic E-state index is -0.977. The summed E-state index contributed by atoms with van der Waals surface area (Å²) in [5.41, 5.74) is 5.58. The fraction of sp³-hybridized carbons (Fsp3) is 0.400. The molecule has 1 atom stereocenters. The van der Waals surface area contributed by atoms with Crippen LogP contribution < -0.4 is 15.2 Å². The van der Waals surface area contributed by atoms with E-state index in [1.165, 1.54) is 20.3 Å². The van der Waals surface area contributed by atoms with Gasteiger partial charge in [0.2, 0.25) is 0 Å². The van der Waals surface area contributed by atoms with Crippen LogP contribution in [0.1, 0.15) is 11.7 Å². The van der Waals surface area contributed by atoms with E-state index in [0.717, 1.165) is 0 Å². The van der Waals surface area contributed by atoms with Crippen LogP contribution in [0, 0.1) is 0 Å². The Labute approximate surface area is 88.0 Å². The van der Waals surface area contributed by atoms with Gasteiger partial charge in [0, 0.05) is 6.54 Å². The quantitative estimate of drug-likeness (QED) is 0.674. The highest BCUT2D eigenvalue weighted by molar-refractivity contribution is 5.54. The van der Waals surface area contributed by atoms with E-state index in [4.69, 9.17) is 15.2 Å². The Morgan fingerprint density at radius 1 is 1.33 bits per heavy atom. The Bertz CT molecular complexity index is 340. The summed E-state index contributed by atoms with van der Waals surface area (Å²) >= 11 is 0. The average Bonchev–Trinajstić information content (AvgIpc) is 2.27. The van der Waals surface area contributed by atoms with Crippen LogP contribution in [0.5, 0.6) is 17.2 Å². The maximum atomic E-state index is 9.62. The lowest BCUT2D eigenvalue weighted by molar-refractivity contribution is 0.176. The molecule has 0 fully saturated rings. The van der Waals surface area contributed by atoms with Crippen LogP contribution in [0.3, 0.4) is 0 Å². The number of hydrogen-bond acceptors (Lipinski definition) is 5. The zero-order valence-electron chi connectivity index (χ0n) is 8.73. The SMILES string of the molecule is COc1ccc(O)c(C(O)CN)c1OC. The topological polar surface area (TPSA) is 84.9 Å². The number of methoxy groups -OCH3 is 2. The summed E-state index contributed by atoms with van der Waals surface area (Å²) in [5.74, 6) is 0.679. The molecule has 84 valence electrons. The van der Waals surface area contributed by atoms with E-state index in [1.807, 2.05) is 0 Å². The van der Waals surface area contributed by atoms with E-state index in [-0.39, 0.29) is 17.9 Å². The first-order chi connectivity index (χ1) is 7.15. The van der Waals surface area contributed by atoms with Crippen LogP contribution in [-0.4, -0.2) is 31.0 Å². The molecule has 5 nitrogen and oxygen atoms in total. The van der Waals surface area contributed by atoms with Crippen molar-refractivity contribution in [3.05, 3.63) is 17.7 Å². The summed E-state index contributed by atoms with van der Waals surface area (Å²) in [6.07, 6.45) is -0.977. The Kier molecular flexibility index (Phi) is 3.76. The molecule has 1 aromatic carbocycles. The highest BCUT2D eigenvalue weighted by Crippen LogP contribution is 2.40. The van der Waals surface area contributed by atoms with E-state index < -0.39 is 6.10 Å². The van der Waals surface area contributed by atoms with Crippen LogP contribution in [0.2, 0.25) is 0 Å². The lowest BCUT2D eigenvalue weighted by Gasteiger charge is -2.17. The molecule has 4 N–H and O–H groups in total. The van der Waals surface area contributed by atoms with Crippen LogP contribution in [0.15, 0.2) is 12.1 Å². The van der Waals surface area contributed by atoms with Crippen molar-refractivity contribution in [2.75, 3.05) is 20.8 Å². The number of aromatic hydroxyl groups is 1. The second-order valence-corrected chi connectivity index (χ2v) is 2.99. The molecule has 0 saturated carbocycles. The number of aliphatic hydroxyl groups is 1. The number of rotatable bonds is 4. The molecule has 0 saturated heterocycles. The summed E-state index contributed by atoms with van der Waals surface area (Å²) in [7, 11) is 2.91. The van der Waals surface area contributed by atoms with E-state index in [9.17, 15) is 10.2 Å². The molecule has 0 aliphatic carbocycles. The van der Waals surface area contributed by atoms with Gasteiger partial charge in [-0.1, -0.05) is 0 Å². The number of hydrogen-bond donors (Lipinski definition) is 3. The number of benzene rings is 1. The van der Waals surface area contributed by atoms with Crippen molar-refractivity contribution in [2.24, 2.45) is 5.73 Å². The minimum absolute atomic E-state index is 0.00289. The average molecular weight is 213 g/mol. The van der Waals surface area contributed by atoms with Crippen molar-refractivity contribution < 1.29 is 19.7 Å². The molecule has 0 spiro atoms. The minimum Gasteiger partial charge on any atom is -0.507 e. The molecule has 1 aromatic rings. The first-order valence-corrected chi connectivity index (χ1v) is 4.47. The number of aliphatic hydroxyl groups excluding tert-OH is 1. The van der Waals surface area contributed by atoms with Gasteiger partial charge < -0.3 is 25.4 Å². The van der Waals surface area contributed by atoms with Crippen molar-refractivity contribution in [3.8, 4) is 17.2 Å². The molecule has 5 heteroatoms. The van der Waals surface area contributed by atoms with Crippen molar-refractivity contribution in [1.82, 2.24) is 0 Å². The van der Waals surface area contributed by atoms with Crippen molar-refractivity contribution in [3.63, 3.8) is 0 Å². The zero-order valence-corrected chi connectivity index (χ0v) is 8.73. The number of nitrogens with two attached hydrogens (primary N) is 1. The first-order valence-electron chi connectivity index (χ1n) is 4.47. The number of phenols is 1. The van der Waals surface area contributed by atoms with Gasteiger partial charge in [-0.15, -0.1) is 0 Å². The van der Waals surface area contributed by atoms with Gasteiger partial charge >= 0.3 is 0 Å². The smallest absolute Gasteiger partial charge is 0.170 e. The summed E-state index contributed by atoms with van der Waals surface area (Å²) in [4.78, 5) is 0. The molecule has 0 radical (unpaired) electrons. The van der Waals surface area contributed by atoms with E-state index in [0.29, 0.717) is 11.5 Å². The molecule has 1 rings (SSSR count). The van der Waals surface area contributed by atoms with E-state index >= 15 is 0 Å². The van der Waals surface area contributed by atoms with Gasteiger partial charge in [0.1, 0.15) is 5.75 Å². The van der Waals surface area contributed by atoms with Crippen LogP contribution in [0.4, 0.5) is 0 Å². The molecule has 0 aliphatic rings. The number of phenolic OH excluding ortho intramolecular Hbond substituents is 1. The third-order valence-electron chi connectivity index (χ3n) is 2.12. The predicted molar refractivity (Wildman–Crippen MR) is 55.2 cm³/mol. The van der Waals surface area contributed by atoms with Gasteiger partial charge in [-0.2, -0.15) is 0 Å². The fourth-order valence-corrected chi connectivity index (χ4v) is 1.38. The molecular weight excluding hydrogens is 198 g/mol. The highest BCUT2D eigenvalue weighted by atomic mass is 16.5. The Morgan fingerprint density at radius 3 is 2.47 bits per heavy atom. The second kappa shape index (κ2) is 4.86. The van der Waals surface area contributed by atoms with Gasteiger partial charge in [0.25, 0.3) is 0 Å². The summed E-state index contributed by atoms with van der Waals surface area (Å²) in [6, 6.07) is 2.98. The molecular formula is C10H15NO4. The van der Waals surface area contributed by atoms with Gasteiger partial charge in [0.15, 0.2) is 11.5 Å². The van der Waals surface area contributed by atoms with Crippen molar-refractivity contribution in [1.29, 1.82) is 0 Å². The van der Waals surface area contributed by atoms with Crippen molar-refractivity contribution >= 4 is 0 Å². The maximum Gasteiger partial charge on any atom is 0.170 e. The van der Waals surface area contributed by atoms with Gasteiger partial charge in [-0.05, 0) is 12.1 Å². The summed E-state index contributed by atoms with van der Waals surface area (Å²) < 4.78 is 10.1. The highest BCUT2D eigenvalue weighted by Gasteiger charge is 2.20. The lowest BCUT2D eigenvalue weighted by Crippen LogP contribution is -2.13. The van der Waals surface area contributed by atoms with Crippen LogP contribution >= 0.6 is 0 Å². The molecule has 0 bridgehead atoms. The Hall–Kier alpha value is -1.46. The molecule has 0 aromatic heterocycles. The molecule has 15 heavy (non-hydrogen) atoms. The maximum absolute atomic E-state index is 9.62. The lowest BCUT2D eigenvalue weighted by atomic mass is 10.1. The standard InChI is InChI=1S/C10H15NO4/c1-14-8-4-3-6(12)9(7(13)5-11)10(8)15-2/h3-4,7,12-13H,5,11H2,1-2H3. The van der Waals surface area contributed by atoms with Crippen molar-refractivity contribution in [2.45, 2.75) is 6.10 Å². The fourth-order valence-electron chi connectivity index (χ4n) is 1.38. The van der Waals surface area contributed by atoms with Crippen LogP contribution in [-0.2, 0) is 0 Å². The summed E-state index contributed by atoms with van der Waals surface area (Å²) in [5, 5.41) is 19.2. The zero-order chi connectivity index (χ0) is 11.4. The normalized spacial score (nSPS) is 12.3. The number of ether oxygens (including phenoxy) is 2. The molecule has 0 amide bonds. The van der Waals surface area contributed by atoms with Gasteiger partial charge in [0.05, 0.1) is 25.9 Å². The van der Waals surface area contributed by atoms with Gasteiger partial charge in [-0.3, -0.25) is 0 Å². The third kappa shape index (κ3) is 2.14. The Balaban J connectivity index is 3.31. The monoisotopic (exact) mass is 213 g/mol. The Morgan fingerprint density at radius 2 is 2.00 bits per heavy atom. The van der Waals surface area contributed by atoms with E-state index in [2.05, 4.69) is 0 Å². The van der Waals surface area contributed by atoms with E-state index in [1.54, 1.807) is 6.07 Å².